The van der Waals surface area contributed by atoms with E-state index in [0.29, 0.717) is 19.5 Å². The monoisotopic (exact) mass is 252 g/mol. The van der Waals surface area contributed by atoms with Crippen LogP contribution in [0.5, 0.6) is 0 Å². The van der Waals surface area contributed by atoms with E-state index in [2.05, 4.69) is 25.5 Å². The number of rotatable bonds is 7. The minimum Gasteiger partial charge on any atom is -0.396 e. The Morgan fingerprint density at radius 1 is 1.31 bits per heavy atom. The maximum absolute atomic E-state index is 11.7. The van der Waals surface area contributed by atoms with Crippen LogP contribution in [-0.2, 0) is 10.2 Å². The largest absolute Gasteiger partial charge is 0.396 e. The lowest BCUT2D eigenvalue weighted by Crippen LogP contribution is -2.40. The zero-order valence-electron chi connectivity index (χ0n) is 10.7. The molecule has 2 N–H and O–H groups in total. The standard InChI is InChI=1S/C10H24N2O3S/c1-10(2,3)6-7-11-16(14,15)12(4)8-5-9-13/h11,13H,5-9H2,1-4H3. The summed E-state index contributed by atoms with van der Waals surface area (Å²) in [4.78, 5) is 0. The van der Waals surface area contributed by atoms with Crippen molar-refractivity contribution in [1.82, 2.24) is 9.03 Å². The van der Waals surface area contributed by atoms with E-state index in [1.54, 1.807) is 0 Å². The lowest BCUT2D eigenvalue weighted by Gasteiger charge is -2.21. The highest BCUT2D eigenvalue weighted by atomic mass is 32.2. The van der Waals surface area contributed by atoms with Gasteiger partial charge in [0.2, 0.25) is 0 Å². The third-order valence-electron chi connectivity index (χ3n) is 2.20. The summed E-state index contributed by atoms with van der Waals surface area (Å²) in [7, 11) is -1.87. The highest BCUT2D eigenvalue weighted by molar-refractivity contribution is 7.87. The second-order valence-electron chi connectivity index (χ2n) is 5.11. The van der Waals surface area contributed by atoms with Gasteiger partial charge in [-0.3, -0.25) is 0 Å². The first-order valence-electron chi connectivity index (χ1n) is 5.51. The summed E-state index contributed by atoms with van der Waals surface area (Å²) in [5, 5.41) is 8.62. The Kier molecular flexibility index (Phi) is 6.47. The molecule has 0 atom stereocenters. The molecular formula is C10H24N2O3S. The molecule has 0 aromatic heterocycles. The molecule has 0 aliphatic carbocycles. The van der Waals surface area contributed by atoms with Crippen LogP contribution in [0.15, 0.2) is 0 Å². The summed E-state index contributed by atoms with van der Waals surface area (Å²) in [5.74, 6) is 0. The quantitative estimate of drug-likeness (QED) is 0.696. The molecule has 0 aliphatic rings. The number of nitrogens with one attached hydrogen (secondary N) is 1. The molecule has 5 nitrogen and oxygen atoms in total. The Bertz CT molecular complexity index is 283. The van der Waals surface area contributed by atoms with Crippen molar-refractivity contribution in [3.05, 3.63) is 0 Å². The predicted octanol–water partition coefficient (Wildman–Crippen LogP) is 0.571. The van der Waals surface area contributed by atoms with Crippen LogP contribution in [0.25, 0.3) is 0 Å². The van der Waals surface area contributed by atoms with Gasteiger partial charge in [0.1, 0.15) is 0 Å². The van der Waals surface area contributed by atoms with Crippen molar-refractivity contribution < 1.29 is 13.5 Å². The van der Waals surface area contributed by atoms with E-state index in [1.807, 2.05) is 0 Å². The van der Waals surface area contributed by atoms with Crippen molar-refractivity contribution in [3.63, 3.8) is 0 Å². The van der Waals surface area contributed by atoms with Gasteiger partial charge in [-0.1, -0.05) is 20.8 Å². The molecule has 0 saturated heterocycles. The Labute approximate surface area is 99.0 Å². The molecule has 0 heterocycles. The van der Waals surface area contributed by atoms with Crippen LogP contribution in [0.2, 0.25) is 0 Å². The fourth-order valence-electron chi connectivity index (χ4n) is 1.08. The van der Waals surface area contributed by atoms with Gasteiger partial charge in [0.15, 0.2) is 0 Å². The smallest absolute Gasteiger partial charge is 0.279 e. The maximum Gasteiger partial charge on any atom is 0.279 e. The molecule has 98 valence electrons. The molecule has 0 amide bonds. The van der Waals surface area contributed by atoms with Crippen LogP contribution in [0.1, 0.15) is 33.6 Å². The van der Waals surface area contributed by atoms with Crippen LogP contribution in [0.4, 0.5) is 0 Å². The van der Waals surface area contributed by atoms with E-state index in [9.17, 15) is 8.42 Å². The van der Waals surface area contributed by atoms with Gasteiger partial charge in [0, 0.05) is 26.7 Å². The molecule has 0 bridgehead atoms. The van der Waals surface area contributed by atoms with Gasteiger partial charge in [-0.2, -0.15) is 12.7 Å². The number of aliphatic hydroxyl groups excluding tert-OH is 1. The minimum atomic E-state index is -3.38. The van der Waals surface area contributed by atoms with E-state index in [1.165, 1.54) is 11.4 Å². The normalized spacial score (nSPS) is 13.4. The molecule has 0 spiro atoms. The molecular weight excluding hydrogens is 228 g/mol. The molecule has 0 rings (SSSR count). The van der Waals surface area contributed by atoms with Crippen LogP contribution in [0.3, 0.4) is 0 Å². The van der Waals surface area contributed by atoms with E-state index >= 15 is 0 Å². The van der Waals surface area contributed by atoms with Crippen molar-refractivity contribution in [2.24, 2.45) is 5.41 Å². The molecule has 0 aromatic rings. The van der Waals surface area contributed by atoms with Gasteiger partial charge < -0.3 is 5.11 Å². The van der Waals surface area contributed by atoms with Crippen molar-refractivity contribution in [3.8, 4) is 0 Å². The molecule has 0 unspecified atom stereocenters. The fourth-order valence-corrected chi connectivity index (χ4v) is 2.03. The summed E-state index contributed by atoms with van der Waals surface area (Å²) in [6.45, 7) is 6.98. The minimum absolute atomic E-state index is 0.00184. The average molecular weight is 252 g/mol. The Morgan fingerprint density at radius 3 is 2.31 bits per heavy atom. The van der Waals surface area contributed by atoms with Gasteiger partial charge in [-0.05, 0) is 18.3 Å². The third kappa shape index (κ3) is 7.16. The predicted molar refractivity (Wildman–Crippen MR) is 65.3 cm³/mol. The first-order valence-corrected chi connectivity index (χ1v) is 6.95. The van der Waals surface area contributed by atoms with Crippen LogP contribution >= 0.6 is 0 Å². The zero-order valence-corrected chi connectivity index (χ0v) is 11.5. The average Bonchev–Trinajstić information content (AvgIpc) is 2.11. The van der Waals surface area contributed by atoms with Gasteiger partial charge in [-0.15, -0.1) is 0 Å². The van der Waals surface area contributed by atoms with E-state index in [4.69, 9.17) is 5.11 Å². The zero-order chi connectivity index (χ0) is 12.8. The van der Waals surface area contributed by atoms with Gasteiger partial charge in [-0.25, -0.2) is 4.72 Å². The van der Waals surface area contributed by atoms with Crippen molar-refractivity contribution >= 4 is 10.2 Å². The lowest BCUT2D eigenvalue weighted by molar-refractivity contribution is 0.275. The summed E-state index contributed by atoms with van der Waals surface area (Å²) < 4.78 is 27.1. The molecule has 0 saturated carbocycles. The van der Waals surface area contributed by atoms with Crippen molar-refractivity contribution in [2.75, 3.05) is 26.7 Å². The van der Waals surface area contributed by atoms with Crippen LogP contribution in [0, 0.1) is 5.41 Å². The summed E-state index contributed by atoms with van der Waals surface area (Å²) in [5.41, 5.74) is 0.117. The first kappa shape index (κ1) is 15.8. The van der Waals surface area contributed by atoms with Gasteiger partial charge in [0.25, 0.3) is 10.2 Å². The van der Waals surface area contributed by atoms with Gasteiger partial charge >= 0.3 is 0 Å². The molecule has 0 aromatic carbocycles. The Morgan fingerprint density at radius 2 is 1.88 bits per heavy atom. The highest BCUT2D eigenvalue weighted by Gasteiger charge is 2.17. The fraction of sp³-hybridized carbons (Fsp3) is 1.00. The van der Waals surface area contributed by atoms with Gasteiger partial charge in [0.05, 0.1) is 0 Å². The number of aliphatic hydroxyl groups is 1. The molecule has 0 fully saturated rings. The molecule has 0 aliphatic heterocycles. The highest BCUT2D eigenvalue weighted by Crippen LogP contribution is 2.17. The van der Waals surface area contributed by atoms with Crippen molar-refractivity contribution in [1.29, 1.82) is 0 Å². The van der Waals surface area contributed by atoms with E-state index in [-0.39, 0.29) is 12.0 Å². The molecule has 0 radical (unpaired) electrons. The maximum atomic E-state index is 11.7. The topological polar surface area (TPSA) is 69.6 Å². The second-order valence-corrected chi connectivity index (χ2v) is 6.97. The summed E-state index contributed by atoms with van der Waals surface area (Å²) in [6, 6.07) is 0. The Hall–Kier alpha value is -0.170. The molecule has 16 heavy (non-hydrogen) atoms. The number of nitrogens with zero attached hydrogens (tertiary/aromatic N) is 1. The van der Waals surface area contributed by atoms with Crippen LogP contribution < -0.4 is 4.72 Å². The Balaban J connectivity index is 4.05. The van der Waals surface area contributed by atoms with E-state index < -0.39 is 10.2 Å². The van der Waals surface area contributed by atoms with Crippen LogP contribution in [-0.4, -0.2) is 44.6 Å². The molecule has 6 heteroatoms. The summed E-state index contributed by atoms with van der Waals surface area (Å²) >= 11 is 0. The number of hydrogen-bond donors (Lipinski definition) is 2. The third-order valence-corrected chi connectivity index (χ3v) is 3.77. The SMILES string of the molecule is CN(CCCO)S(=O)(=O)NCCC(C)(C)C. The van der Waals surface area contributed by atoms with Crippen molar-refractivity contribution in [2.45, 2.75) is 33.6 Å². The summed E-state index contributed by atoms with van der Waals surface area (Å²) in [6.07, 6.45) is 1.25. The lowest BCUT2D eigenvalue weighted by atomic mass is 9.93. The second kappa shape index (κ2) is 6.54. The van der Waals surface area contributed by atoms with E-state index in [0.717, 1.165) is 6.42 Å². The first-order chi connectivity index (χ1) is 7.19. The number of hydrogen-bond acceptors (Lipinski definition) is 3.